The molecule has 2 fully saturated rings. The lowest BCUT2D eigenvalue weighted by molar-refractivity contribution is -0.131. The molecular formula is C13H25ClN2O. The van der Waals surface area contributed by atoms with E-state index in [2.05, 4.69) is 13.8 Å². The van der Waals surface area contributed by atoms with Gasteiger partial charge in [-0.2, -0.15) is 0 Å². The number of nitrogens with zero attached hydrogens (tertiary/aromatic N) is 1. The smallest absolute Gasteiger partial charge is 0.222 e. The molecule has 0 bridgehead atoms. The molecule has 2 aliphatic rings. The molecule has 4 heteroatoms. The Morgan fingerprint density at radius 1 is 1.24 bits per heavy atom. The van der Waals surface area contributed by atoms with Gasteiger partial charge >= 0.3 is 0 Å². The highest BCUT2D eigenvalue weighted by Gasteiger charge is 2.32. The monoisotopic (exact) mass is 260 g/mol. The number of nitrogens with two attached hydrogens (primary N) is 1. The summed E-state index contributed by atoms with van der Waals surface area (Å²) in [6.45, 7) is 6.36. The number of likely N-dealkylation sites (tertiary alicyclic amines) is 1. The predicted molar refractivity (Wildman–Crippen MR) is 72.1 cm³/mol. The molecule has 0 spiro atoms. The van der Waals surface area contributed by atoms with E-state index in [9.17, 15) is 4.79 Å². The maximum atomic E-state index is 12.1. The molecule has 1 aliphatic carbocycles. The minimum atomic E-state index is 0. The Balaban J connectivity index is 0.00000144. The van der Waals surface area contributed by atoms with Crippen LogP contribution in [0, 0.1) is 17.8 Å². The first kappa shape index (κ1) is 14.8. The number of halogens is 1. The number of carbonyl (C=O) groups is 1. The Bertz CT molecular complexity index is 262. The molecular weight excluding hydrogens is 236 g/mol. The Morgan fingerprint density at radius 2 is 1.82 bits per heavy atom. The van der Waals surface area contributed by atoms with Crippen molar-refractivity contribution in [1.29, 1.82) is 0 Å². The lowest BCUT2D eigenvalue weighted by atomic mass is 9.99. The fraction of sp³-hybridized carbons (Fsp3) is 0.923. The van der Waals surface area contributed by atoms with Crippen molar-refractivity contribution in [2.24, 2.45) is 23.5 Å². The zero-order valence-corrected chi connectivity index (χ0v) is 11.7. The van der Waals surface area contributed by atoms with Gasteiger partial charge in [-0.15, -0.1) is 12.4 Å². The van der Waals surface area contributed by atoms with E-state index in [0.717, 1.165) is 25.9 Å². The van der Waals surface area contributed by atoms with Crippen LogP contribution in [0.5, 0.6) is 0 Å². The first-order chi connectivity index (χ1) is 7.58. The van der Waals surface area contributed by atoms with E-state index in [1.807, 2.05) is 4.90 Å². The van der Waals surface area contributed by atoms with E-state index in [-0.39, 0.29) is 18.4 Å². The molecule has 1 saturated carbocycles. The van der Waals surface area contributed by atoms with Gasteiger partial charge in [0.05, 0.1) is 0 Å². The molecule has 0 aromatic rings. The molecule has 0 radical (unpaired) electrons. The van der Waals surface area contributed by atoms with Crippen LogP contribution in [0.4, 0.5) is 0 Å². The van der Waals surface area contributed by atoms with Crippen molar-refractivity contribution < 1.29 is 4.79 Å². The second-order valence-corrected chi connectivity index (χ2v) is 5.81. The van der Waals surface area contributed by atoms with Gasteiger partial charge in [-0.3, -0.25) is 4.79 Å². The van der Waals surface area contributed by atoms with Crippen LogP contribution in [0.2, 0.25) is 0 Å². The summed E-state index contributed by atoms with van der Waals surface area (Å²) in [6.07, 6.45) is 4.13. The summed E-state index contributed by atoms with van der Waals surface area (Å²) in [5.74, 6) is 2.08. The summed E-state index contributed by atoms with van der Waals surface area (Å²) in [6, 6.07) is 0.265. The molecule has 1 heterocycles. The van der Waals surface area contributed by atoms with Crippen LogP contribution in [-0.2, 0) is 4.79 Å². The molecule has 1 saturated heterocycles. The third kappa shape index (κ3) is 3.35. The van der Waals surface area contributed by atoms with Crippen LogP contribution < -0.4 is 5.73 Å². The molecule has 0 aromatic heterocycles. The lowest BCUT2D eigenvalue weighted by Gasteiger charge is -2.20. The summed E-state index contributed by atoms with van der Waals surface area (Å²) < 4.78 is 0. The summed E-state index contributed by atoms with van der Waals surface area (Å²) in [5, 5.41) is 0. The molecule has 0 aromatic carbocycles. The zero-order chi connectivity index (χ0) is 11.7. The van der Waals surface area contributed by atoms with E-state index in [1.54, 1.807) is 0 Å². The minimum absolute atomic E-state index is 0. The highest BCUT2D eigenvalue weighted by Crippen LogP contribution is 2.29. The number of rotatable bonds is 2. The molecule has 3 nitrogen and oxygen atoms in total. The van der Waals surface area contributed by atoms with Gasteiger partial charge in [0.25, 0.3) is 0 Å². The predicted octanol–water partition coefficient (Wildman–Crippen LogP) is 2.04. The fourth-order valence-electron chi connectivity index (χ4n) is 3.01. The van der Waals surface area contributed by atoms with Gasteiger partial charge in [-0.05, 0) is 30.6 Å². The fourth-order valence-corrected chi connectivity index (χ4v) is 3.01. The van der Waals surface area contributed by atoms with Gasteiger partial charge in [-0.1, -0.05) is 20.3 Å². The Morgan fingerprint density at radius 3 is 2.29 bits per heavy atom. The van der Waals surface area contributed by atoms with Crippen molar-refractivity contribution in [1.82, 2.24) is 4.90 Å². The summed E-state index contributed by atoms with van der Waals surface area (Å²) >= 11 is 0. The first-order valence-electron chi connectivity index (χ1n) is 6.61. The van der Waals surface area contributed by atoms with Crippen LogP contribution in [0.3, 0.4) is 0 Å². The third-order valence-corrected chi connectivity index (χ3v) is 4.50. The quantitative estimate of drug-likeness (QED) is 0.826. The summed E-state index contributed by atoms with van der Waals surface area (Å²) in [4.78, 5) is 14.2. The van der Waals surface area contributed by atoms with Crippen molar-refractivity contribution >= 4 is 18.3 Å². The summed E-state index contributed by atoms with van der Waals surface area (Å²) in [5.41, 5.74) is 6.01. The highest BCUT2D eigenvalue weighted by atomic mass is 35.5. The Labute approximate surface area is 111 Å². The van der Waals surface area contributed by atoms with E-state index < -0.39 is 0 Å². The molecule has 2 N–H and O–H groups in total. The summed E-state index contributed by atoms with van der Waals surface area (Å²) in [7, 11) is 0. The third-order valence-electron chi connectivity index (χ3n) is 4.50. The second kappa shape index (κ2) is 6.05. The zero-order valence-electron chi connectivity index (χ0n) is 10.9. The van der Waals surface area contributed by atoms with Crippen LogP contribution >= 0.6 is 12.4 Å². The van der Waals surface area contributed by atoms with Gasteiger partial charge in [0, 0.05) is 25.6 Å². The SMILES string of the molecule is CC1CN(C(=O)C[C@@H]2CCC[C@H]2N)CC1C.Cl. The van der Waals surface area contributed by atoms with E-state index >= 15 is 0 Å². The standard InChI is InChI=1S/C13H24N2O.ClH/c1-9-7-15(8-10(9)2)13(16)6-11-4-3-5-12(11)14;/h9-12H,3-8,14H2,1-2H3;1H/t9?,10?,11-,12+;/m0./s1. The topological polar surface area (TPSA) is 46.3 Å². The molecule has 100 valence electrons. The van der Waals surface area contributed by atoms with Crippen molar-refractivity contribution in [3.05, 3.63) is 0 Å². The number of amides is 1. The van der Waals surface area contributed by atoms with Gasteiger partial charge < -0.3 is 10.6 Å². The molecule has 2 unspecified atom stereocenters. The van der Waals surface area contributed by atoms with Crippen LogP contribution in [0.15, 0.2) is 0 Å². The number of hydrogen-bond donors (Lipinski definition) is 1. The van der Waals surface area contributed by atoms with Gasteiger partial charge in [-0.25, -0.2) is 0 Å². The molecule has 4 atom stereocenters. The van der Waals surface area contributed by atoms with Gasteiger partial charge in [0.1, 0.15) is 0 Å². The second-order valence-electron chi connectivity index (χ2n) is 5.81. The average Bonchev–Trinajstić information content (AvgIpc) is 2.76. The van der Waals surface area contributed by atoms with Crippen LogP contribution in [0.25, 0.3) is 0 Å². The molecule has 17 heavy (non-hydrogen) atoms. The number of hydrogen-bond acceptors (Lipinski definition) is 2. The minimum Gasteiger partial charge on any atom is -0.342 e. The maximum absolute atomic E-state index is 12.1. The van der Waals surface area contributed by atoms with Gasteiger partial charge in [0.15, 0.2) is 0 Å². The molecule has 2 rings (SSSR count). The van der Waals surface area contributed by atoms with Crippen LogP contribution in [-0.4, -0.2) is 29.9 Å². The van der Waals surface area contributed by atoms with Crippen LogP contribution in [0.1, 0.15) is 39.5 Å². The van der Waals surface area contributed by atoms with Crippen molar-refractivity contribution in [3.63, 3.8) is 0 Å². The first-order valence-corrected chi connectivity index (χ1v) is 6.61. The molecule has 1 amide bonds. The Kier molecular flexibility index (Phi) is 5.26. The van der Waals surface area contributed by atoms with Crippen molar-refractivity contribution in [2.75, 3.05) is 13.1 Å². The van der Waals surface area contributed by atoms with E-state index in [1.165, 1.54) is 6.42 Å². The van der Waals surface area contributed by atoms with E-state index in [0.29, 0.717) is 30.1 Å². The lowest BCUT2D eigenvalue weighted by Crippen LogP contribution is -2.34. The van der Waals surface area contributed by atoms with Crippen molar-refractivity contribution in [3.8, 4) is 0 Å². The van der Waals surface area contributed by atoms with Crippen molar-refractivity contribution in [2.45, 2.75) is 45.6 Å². The molecule has 1 aliphatic heterocycles. The largest absolute Gasteiger partial charge is 0.342 e. The Hall–Kier alpha value is -0.280. The highest BCUT2D eigenvalue weighted by molar-refractivity contribution is 5.85. The normalized spacial score (nSPS) is 37.0. The van der Waals surface area contributed by atoms with Gasteiger partial charge in [0.2, 0.25) is 5.91 Å². The number of carbonyl (C=O) groups excluding carboxylic acids is 1. The maximum Gasteiger partial charge on any atom is 0.222 e. The van der Waals surface area contributed by atoms with E-state index in [4.69, 9.17) is 5.73 Å². The average molecular weight is 261 g/mol.